The predicted octanol–water partition coefficient (Wildman–Crippen LogP) is 1.97. The third kappa shape index (κ3) is 7.14. The Balaban J connectivity index is 1.48. The zero-order valence-electron chi connectivity index (χ0n) is 23.1. The zero-order valence-corrected chi connectivity index (χ0v) is 23.1. The minimum Gasteiger partial charge on any atom is -0.467 e. The lowest BCUT2D eigenvalue weighted by Gasteiger charge is -2.33. The lowest BCUT2D eigenvalue weighted by molar-refractivity contribution is -0.142. The molecule has 3 aromatic rings. The SMILES string of the molecule is COC(=O)C(Cc1ccc(OC(=O)NC(C)C)cc1)NC(=O)c1ccc2c(N3CCN(C)CC3)nc(N)nc2c1. The Labute approximate surface area is 232 Å². The van der Waals surface area contributed by atoms with Crippen molar-refractivity contribution < 1.29 is 23.9 Å². The van der Waals surface area contributed by atoms with Crippen molar-refractivity contribution in [2.24, 2.45) is 0 Å². The van der Waals surface area contributed by atoms with Gasteiger partial charge in [-0.3, -0.25) is 4.79 Å². The number of rotatable bonds is 8. The maximum absolute atomic E-state index is 13.2. The molecule has 212 valence electrons. The van der Waals surface area contributed by atoms with Crippen molar-refractivity contribution >= 4 is 40.6 Å². The van der Waals surface area contributed by atoms with E-state index in [1.165, 1.54) is 7.11 Å². The number of nitrogens with two attached hydrogens (primary N) is 1. The van der Waals surface area contributed by atoms with E-state index in [1.807, 2.05) is 13.8 Å². The number of anilines is 2. The molecule has 1 aromatic heterocycles. The third-order valence-corrected chi connectivity index (χ3v) is 6.53. The molecule has 4 N–H and O–H groups in total. The van der Waals surface area contributed by atoms with Gasteiger partial charge in [-0.05, 0) is 56.8 Å². The average molecular weight is 550 g/mol. The lowest BCUT2D eigenvalue weighted by Crippen LogP contribution is -2.45. The first kappa shape index (κ1) is 28.6. The van der Waals surface area contributed by atoms with Crippen LogP contribution in [0.15, 0.2) is 42.5 Å². The van der Waals surface area contributed by atoms with E-state index in [1.54, 1.807) is 42.5 Å². The van der Waals surface area contributed by atoms with Crippen LogP contribution in [0.1, 0.15) is 29.8 Å². The van der Waals surface area contributed by atoms with Gasteiger partial charge in [0.15, 0.2) is 0 Å². The summed E-state index contributed by atoms with van der Waals surface area (Å²) in [5, 5.41) is 6.20. The van der Waals surface area contributed by atoms with Gasteiger partial charge >= 0.3 is 12.1 Å². The number of ether oxygens (including phenoxy) is 2. The van der Waals surface area contributed by atoms with Crippen LogP contribution in [-0.2, 0) is 16.0 Å². The smallest absolute Gasteiger partial charge is 0.412 e. The van der Waals surface area contributed by atoms with Gasteiger partial charge in [0.1, 0.15) is 17.6 Å². The van der Waals surface area contributed by atoms with E-state index in [0.29, 0.717) is 16.8 Å². The predicted molar refractivity (Wildman–Crippen MR) is 151 cm³/mol. The van der Waals surface area contributed by atoms with Crippen LogP contribution in [-0.4, -0.2) is 85.3 Å². The molecule has 0 radical (unpaired) electrons. The van der Waals surface area contributed by atoms with Crippen molar-refractivity contribution in [1.29, 1.82) is 0 Å². The number of nitrogen functional groups attached to an aromatic ring is 1. The number of carbonyl (C=O) groups excluding carboxylic acids is 3. The molecule has 1 atom stereocenters. The van der Waals surface area contributed by atoms with Crippen LogP contribution in [0.4, 0.5) is 16.6 Å². The molecule has 1 saturated heterocycles. The Morgan fingerprint density at radius 2 is 1.70 bits per heavy atom. The van der Waals surface area contributed by atoms with Crippen LogP contribution in [0.5, 0.6) is 5.75 Å². The molecule has 1 unspecified atom stereocenters. The highest BCUT2D eigenvalue weighted by Crippen LogP contribution is 2.26. The molecule has 0 bridgehead atoms. The summed E-state index contributed by atoms with van der Waals surface area (Å²) >= 11 is 0. The second kappa shape index (κ2) is 12.6. The van der Waals surface area contributed by atoms with E-state index >= 15 is 0 Å². The molecule has 0 aliphatic carbocycles. The van der Waals surface area contributed by atoms with E-state index in [-0.39, 0.29) is 18.4 Å². The first-order valence-electron chi connectivity index (χ1n) is 13.1. The van der Waals surface area contributed by atoms with Crippen molar-refractivity contribution in [3.05, 3.63) is 53.6 Å². The number of aromatic nitrogens is 2. The van der Waals surface area contributed by atoms with Crippen LogP contribution >= 0.6 is 0 Å². The van der Waals surface area contributed by atoms with Crippen molar-refractivity contribution in [3.8, 4) is 5.75 Å². The van der Waals surface area contributed by atoms with Crippen molar-refractivity contribution in [1.82, 2.24) is 25.5 Å². The molecule has 1 aliphatic rings. The van der Waals surface area contributed by atoms with Gasteiger partial charge in [-0.25, -0.2) is 14.6 Å². The molecule has 12 heteroatoms. The fourth-order valence-electron chi connectivity index (χ4n) is 4.41. The van der Waals surface area contributed by atoms with Gasteiger partial charge in [0.05, 0.1) is 12.6 Å². The molecule has 2 heterocycles. The Morgan fingerprint density at radius 1 is 1.00 bits per heavy atom. The molecule has 0 spiro atoms. The number of methoxy groups -OCH3 is 1. The summed E-state index contributed by atoms with van der Waals surface area (Å²) in [5.74, 6) is 0.175. The standard InChI is InChI=1S/C28H35N7O5/c1-17(2)30-28(38)40-20-8-5-18(6-9-20)15-23(26(37)39-4)31-25(36)19-7-10-21-22(16-19)32-27(29)33-24(21)35-13-11-34(3)12-14-35/h5-10,16-17,23H,11-15H2,1-4H3,(H,30,38)(H,31,36)(H2,29,32,33). The Bertz CT molecular complexity index is 1370. The van der Waals surface area contributed by atoms with E-state index in [4.69, 9.17) is 15.2 Å². The molecular weight excluding hydrogens is 514 g/mol. The normalized spacial score (nSPS) is 14.6. The van der Waals surface area contributed by atoms with Crippen molar-refractivity contribution in [3.63, 3.8) is 0 Å². The van der Waals surface area contributed by atoms with Gasteiger partial charge in [0.25, 0.3) is 5.91 Å². The van der Waals surface area contributed by atoms with E-state index in [9.17, 15) is 14.4 Å². The Kier molecular flexibility index (Phi) is 9.00. The summed E-state index contributed by atoms with van der Waals surface area (Å²) in [6.07, 6.45) is -0.381. The van der Waals surface area contributed by atoms with Gasteiger partial charge in [-0.15, -0.1) is 0 Å². The molecule has 40 heavy (non-hydrogen) atoms. The van der Waals surface area contributed by atoms with Crippen LogP contribution in [0.25, 0.3) is 10.9 Å². The molecule has 1 aliphatic heterocycles. The number of nitrogens with one attached hydrogen (secondary N) is 2. The lowest BCUT2D eigenvalue weighted by atomic mass is 10.0. The number of carbonyl (C=O) groups is 3. The van der Waals surface area contributed by atoms with E-state index in [2.05, 4.69) is 37.4 Å². The van der Waals surface area contributed by atoms with E-state index < -0.39 is 24.0 Å². The van der Waals surface area contributed by atoms with Gasteiger partial charge < -0.3 is 35.6 Å². The zero-order chi connectivity index (χ0) is 28.8. The average Bonchev–Trinajstić information content (AvgIpc) is 2.92. The summed E-state index contributed by atoms with van der Waals surface area (Å²) in [7, 11) is 3.34. The number of likely N-dealkylation sites (N-methyl/N-ethyl adjacent to an activating group) is 1. The van der Waals surface area contributed by atoms with Crippen LogP contribution in [0.3, 0.4) is 0 Å². The van der Waals surface area contributed by atoms with Crippen LogP contribution in [0, 0.1) is 0 Å². The number of nitrogens with zero attached hydrogens (tertiary/aromatic N) is 4. The fraction of sp³-hybridized carbons (Fsp3) is 0.393. The quantitative estimate of drug-likeness (QED) is 0.356. The van der Waals surface area contributed by atoms with Crippen molar-refractivity contribution in [2.45, 2.75) is 32.4 Å². The molecular formula is C28H35N7O5. The largest absolute Gasteiger partial charge is 0.467 e. The molecule has 12 nitrogen and oxygen atoms in total. The summed E-state index contributed by atoms with van der Waals surface area (Å²) in [6.45, 7) is 7.10. The van der Waals surface area contributed by atoms with Crippen LogP contribution < -0.4 is 26.0 Å². The third-order valence-electron chi connectivity index (χ3n) is 6.53. The monoisotopic (exact) mass is 549 g/mol. The van der Waals surface area contributed by atoms with E-state index in [0.717, 1.165) is 42.9 Å². The number of hydrogen-bond acceptors (Lipinski definition) is 10. The number of hydrogen-bond donors (Lipinski definition) is 3. The molecule has 4 rings (SSSR count). The minimum atomic E-state index is -0.944. The Hall–Kier alpha value is -4.45. The summed E-state index contributed by atoms with van der Waals surface area (Å²) in [4.78, 5) is 50.8. The summed E-state index contributed by atoms with van der Waals surface area (Å²) < 4.78 is 10.2. The maximum atomic E-state index is 13.2. The highest BCUT2D eigenvalue weighted by atomic mass is 16.6. The highest BCUT2D eigenvalue weighted by molar-refractivity contribution is 6.01. The van der Waals surface area contributed by atoms with Gasteiger partial charge in [0.2, 0.25) is 5.95 Å². The number of piperazine rings is 1. The minimum absolute atomic E-state index is 0.0531. The topological polar surface area (TPSA) is 152 Å². The second-order valence-electron chi connectivity index (χ2n) is 10.0. The maximum Gasteiger partial charge on any atom is 0.412 e. The first-order chi connectivity index (χ1) is 19.1. The van der Waals surface area contributed by atoms with Gasteiger partial charge in [0, 0.05) is 49.6 Å². The molecule has 1 fully saturated rings. The number of fused-ring (bicyclic) bond motifs is 1. The fourth-order valence-corrected chi connectivity index (χ4v) is 4.41. The molecule has 0 saturated carbocycles. The number of esters is 1. The highest BCUT2D eigenvalue weighted by Gasteiger charge is 2.24. The van der Waals surface area contributed by atoms with Gasteiger partial charge in [-0.2, -0.15) is 4.98 Å². The first-order valence-corrected chi connectivity index (χ1v) is 13.1. The number of amides is 2. The summed E-state index contributed by atoms with van der Waals surface area (Å²) in [6, 6.07) is 10.8. The van der Waals surface area contributed by atoms with Gasteiger partial charge in [-0.1, -0.05) is 12.1 Å². The van der Waals surface area contributed by atoms with Crippen molar-refractivity contribution in [2.75, 3.05) is 51.0 Å². The molecule has 2 amide bonds. The second-order valence-corrected chi connectivity index (χ2v) is 10.0. The number of benzene rings is 2. The molecule has 2 aromatic carbocycles. The van der Waals surface area contributed by atoms with Crippen LogP contribution in [0.2, 0.25) is 0 Å². The Morgan fingerprint density at radius 3 is 2.35 bits per heavy atom. The summed E-state index contributed by atoms with van der Waals surface area (Å²) in [5.41, 5.74) is 7.62.